The lowest BCUT2D eigenvalue weighted by atomic mass is 10.0. The van der Waals surface area contributed by atoms with Gasteiger partial charge >= 0.3 is 12.1 Å². The van der Waals surface area contributed by atoms with Crippen LogP contribution in [0.25, 0.3) is 22.1 Å². The van der Waals surface area contributed by atoms with Gasteiger partial charge in [0.05, 0.1) is 10.9 Å². The van der Waals surface area contributed by atoms with Crippen molar-refractivity contribution in [3.8, 4) is 16.9 Å². The minimum absolute atomic E-state index is 0.119. The maximum Gasteiger partial charge on any atom is 0.408 e. The molecule has 0 fully saturated rings. The largest absolute Gasteiger partial charge is 0.463 e. The van der Waals surface area contributed by atoms with E-state index in [-0.39, 0.29) is 22.7 Å². The fraction of sp³-hybridized carbons (Fsp3) is 0.346. The maximum absolute atomic E-state index is 13.0. The molecule has 1 aromatic heterocycles. The number of nitrogens with one attached hydrogen (secondary N) is 1. The van der Waals surface area contributed by atoms with Crippen molar-refractivity contribution in [2.45, 2.75) is 52.7 Å². The zero-order chi connectivity index (χ0) is 25.0. The summed E-state index contributed by atoms with van der Waals surface area (Å²) in [5.41, 5.74) is 0.434. The predicted octanol–water partition coefficient (Wildman–Crippen LogP) is 5.96. The Hall–Kier alpha value is -3.32. The molecule has 1 amide bonds. The molecule has 7 nitrogen and oxygen atoms in total. The number of carbonyl (C=O) groups excluding carboxylic acids is 2. The predicted molar refractivity (Wildman–Crippen MR) is 131 cm³/mol. The van der Waals surface area contributed by atoms with E-state index >= 15 is 0 Å². The molecule has 0 unspecified atom stereocenters. The number of fused-ring (bicyclic) bond motifs is 1. The van der Waals surface area contributed by atoms with Gasteiger partial charge in [0, 0.05) is 11.1 Å². The first-order valence-electron chi connectivity index (χ1n) is 11.0. The zero-order valence-electron chi connectivity index (χ0n) is 19.8. The summed E-state index contributed by atoms with van der Waals surface area (Å²) in [5.74, 6) is -0.327. The summed E-state index contributed by atoms with van der Waals surface area (Å²) in [6.07, 6.45) is 1.03. The molecule has 0 saturated carbocycles. The van der Waals surface area contributed by atoms with Gasteiger partial charge in [-0.15, -0.1) is 0 Å². The Labute approximate surface area is 203 Å². The number of carbonyl (C=O) groups is 2. The highest BCUT2D eigenvalue weighted by Gasteiger charge is 2.27. The third-order valence-corrected chi connectivity index (χ3v) is 5.05. The third-order valence-electron chi connectivity index (χ3n) is 4.80. The number of amides is 1. The van der Waals surface area contributed by atoms with Crippen LogP contribution in [-0.4, -0.2) is 23.7 Å². The smallest absolute Gasteiger partial charge is 0.408 e. The lowest BCUT2D eigenvalue weighted by Crippen LogP contribution is -2.45. The fourth-order valence-corrected chi connectivity index (χ4v) is 3.45. The SMILES string of the molecule is CC(C)C[C@@H](NC(=O)OC(C)(C)C)C(=O)Oc1ccc2c(=O)c(-c3ccc(Cl)cc3)coc2c1. The minimum atomic E-state index is -0.898. The van der Waals surface area contributed by atoms with E-state index in [9.17, 15) is 14.4 Å². The Morgan fingerprint density at radius 3 is 2.38 bits per heavy atom. The normalized spacial score (nSPS) is 12.4. The second-order valence-electron chi connectivity index (χ2n) is 9.39. The summed E-state index contributed by atoms with van der Waals surface area (Å²) in [5, 5.41) is 3.49. The number of halogens is 1. The molecule has 0 aliphatic rings. The Morgan fingerprint density at radius 2 is 1.76 bits per heavy atom. The summed E-state index contributed by atoms with van der Waals surface area (Å²) in [4.78, 5) is 38.0. The van der Waals surface area contributed by atoms with Gasteiger partial charge < -0.3 is 19.2 Å². The van der Waals surface area contributed by atoms with Crippen LogP contribution in [0.2, 0.25) is 5.02 Å². The summed E-state index contributed by atoms with van der Waals surface area (Å²) < 4.78 is 16.4. The lowest BCUT2D eigenvalue weighted by Gasteiger charge is -2.23. The standard InChI is InChI=1S/C26H28ClNO6/c1-15(2)12-21(28-25(31)34-26(3,4)5)24(30)33-18-10-11-19-22(13-18)32-14-20(23(19)29)16-6-8-17(27)9-7-16/h6-11,13-15,21H,12H2,1-5H3,(H,28,31)/t21-/m1/s1. The number of alkyl carbamates (subject to hydrolysis) is 1. The van der Waals surface area contributed by atoms with Crippen LogP contribution in [0.1, 0.15) is 41.0 Å². The van der Waals surface area contributed by atoms with Crippen LogP contribution in [0.3, 0.4) is 0 Å². The molecule has 1 heterocycles. The van der Waals surface area contributed by atoms with Gasteiger partial charge in [-0.05, 0) is 62.9 Å². The molecule has 0 spiro atoms. The van der Waals surface area contributed by atoms with Crippen molar-refractivity contribution in [2.75, 3.05) is 0 Å². The van der Waals surface area contributed by atoms with Gasteiger partial charge in [-0.25, -0.2) is 9.59 Å². The second-order valence-corrected chi connectivity index (χ2v) is 9.83. The van der Waals surface area contributed by atoms with Crippen LogP contribution in [-0.2, 0) is 9.53 Å². The molecule has 0 aliphatic heterocycles. The number of hydrogen-bond donors (Lipinski definition) is 1. The van der Waals surface area contributed by atoms with Crippen molar-refractivity contribution in [1.29, 1.82) is 0 Å². The first-order valence-corrected chi connectivity index (χ1v) is 11.3. The van der Waals surface area contributed by atoms with Gasteiger partial charge in [0.15, 0.2) is 5.43 Å². The van der Waals surface area contributed by atoms with E-state index in [4.69, 9.17) is 25.5 Å². The van der Waals surface area contributed by atoms with Gasteiger partial charge in [-0.3, -0.25) is 4.79 Å². The topological polar surface area (TPSA) is 94.8 Å². The molecular formula is C26H28ClNO6. The van der Waals surface area contributed by atoms with Crippen LogP contribution >= 0.6 is 11.6 Å². The van der Waals surface area contributed by atoms with E-state index in [1.54, 1.807) is 51.1 Å². The lowest BCUT2D eigenvalue weighted by molar-refractivity contribution is -0.137. The number of esters is 1. The maximum atomic E-state index is 13.0. The minimum Gasteiger partial charge on any atom is -0.463 e. The Morgan fingerprint density at radius 1 is 1.09 bits per heavy atom. The second kappa shape index (κ2) is 10.3. The monoisotopic (exact) mass is 485 g/mol. The summed E-state index contributed by atoms with van der Waals surface area (Å²) in [7, 11) is 0. The molecule has 0 bridgehead atoms. The molecule has 0 radical (unpaired) electrons. The van der Waals surface area contributed by atoms with Gasteiger partial charge in [0.2, 0.25) is 0 Å². The van der Waals surface area contributed by atoms with Crippen LogP contribution in [0, 0.1) is 5.92 Å². The molecule has 0 aliphatic carbocycles. The highest BCUT2D eigenvalue weighted by Crippen LogP contribution is 2.24. The third kappa shape index (κ3) is 6.60. The summed E-state index contributed by atoms with van der Waals surface area (Å²) in [6.45, 7) is 9.08. The number of ether oxygens (including phenoxy) is 2. The molecule has 3 rings (SSSR count). The van der Waals surface area contributed by atoms with Crippen molar-refractivity contribution in [3.05, 3.63) is 64.0 Å². The number of rotatable bonds is 6. The van der Waals surface area contributed by atoms with Crippen molar-refractivity contribution >= 4 is 34.6 Å². The molecule has 2 aromatic carbocycles. The molecule has 34 heavy (non-hydrogen) atoms. The molecule has 180 valence electrons. The zero-order valence-corrected chi connectivity index (χ0v) is 20.6. The average molecular weight is 486 g/mol. The van der Waals surface area contributed by atoms with Gasteiger partial charge in [0.1, 0.15) is 29.2 Å². The molecule has 1 atom stereocenters. The van der Waals surface area contributed by atoms with E-state index in [0.29, 0.717) is 28.0 Å². The van der Waals surface area contributed by atoms with Crippen LogP contribution in [0.4, 0.5) is 4.79 Å². The first-order chi connectivity index (χ1) is 15.9. The molecule has 8 heteroatoms. The molecule has 3 aromatic rings. The van der Waals surface area contributed by atoms with E-state index in [1.165, 1.54) is 18.4 Å². The Kier molecular flexibility index (Phi) is 7.67. The van der Waals surface area contributed by atoms with E-state index in [0.717, 1.165) is 0 Å². The molecular weight excluding hydrogens is 458 g/mol. The van der Waals surface area contributed by atoms with Crippen LogP contribution in [0.15, 0.2) is 57.9 Å². The van der Waals surface area contributed by atoms with Crippen molar-refractivity contribution in [1.82, 2.24) is 5.32 Å². The summed E-state index contributed by atoms with van der Waals surface area (Å²) in [6, 6.07) is 10.5. The van der Waals surface area contributed by atoms with Crippen LogP contribution in [0.5, 0.6) is 5.75 Å². The Balaban J connectivity index is 1.81. The molecule has 0 saturated heterocycles. The van der Waals surface area contributed by atoms with Gasteiger partial charge in [-0.2, -0.15) is 0 Å². The highest BCUT2D eigenvalue weighted by atomic mass is 35.5. The van der Waals surface area contributed by atoms with Gasteiger partial charge in [-0.1, -0.05) is 37.6 Å². The van der Waals surface area contributed by atoms with E-state index in [2.05, 4.69) is 5.32 Å². The van der Waals surface area contributed by atoms with Gasteiger partial charge in [0.25, 0.3) is 0 Å². The molecule has 1 N–H and O–H groups in total. The number of benzene rings is 2. The fourth-order valence-electron chi connectivity index (χ4n) is 3.32. The van der Waals surface area contributed by atoms with E-state index < -0.39 is 23.7 Å². The van der Waals surface area contributed by atoms with E-state index in [1.807, 2.05) is 13.8 Å². The quantitative estimate of drug-likeness (QED) is 0.342. The average Bonchev–Trinajstić information content (AvgIpc) is 2.72. The van der Waals surface area contributed by atoms with Crippen molar-refractivity contribution in [3.63, 3.8) is 0 Å². The van der Waals surface area contributed by atoms with Crippen LogP contribution < -0.4 is 15.5 Å². The highest BCUT2D eigenvalue weighted by molar-refractivity contribution is 6.30. The first kappa shape index (κ1) is 25.3. The Bertz CT molecular complexity index is 1240. The van der Waals surface area contributed by atoms with Crippen molar-refractivity contribution < 1.29 is 23.5 Å². The number of hydrogen-bond acceptors (Lipinski definition) is 6. The summed E-state index contributed by atoms with van der Waals surface area (Å²) >= 11 is 5.93. The van der Waals surface area contributed by atoms with Crippen molar-refractivity contribution in [2.24, 2.45) is 5.92 Å².